The van der Waals surface area contributed by atoms with Gasteiger partial charge in [0.15, 0.2) is 5.82 Å². The van der Waals surface area contributed by atoms with Crippen molar-refractivity contribution < 1.29 is 4.79 Å². The number of aromatic nitrogens is 3. The standard InChI is InChI=1S/C20H22N4OS/c1-2-15-9-6-7-13-23(15)20(25)18-21-19(17-12-8-14-26-17)24(22-18)16-10-4-3-5-11-16/h3-5,8,10-12,14-15H,2,6-7,9,13H2,1H3. The topological polar surface area (TPSA) is 51.0 Å². The molecule has 1 aliphatic rings. The van der Waals surface area contributed by atoms with Crippen LogP contribution in [0.25, 0.3) is 16.4 Å². The summed E-state index contributed by atoms with van der Waals surface area (Å²) in [6, 6.07) is 14.2. The fourth-order valence-electron chi connectivity index (χ4n) is 3.54. The van der Waals surface area contributed by atoms with Gasteiger partial charge in [0, 0.05) is 12.6 Å². The molecule has 2 aromatic heterocycles. The lowest BCUT2D eigenvalue weighted by molar-refractivity contribution is 0.0595. The quantitative estimate of drug-likeness (QED) is 0.688. The Labute approximate surface area is 157 Å². The molecule has 1 fully saturated rings. The third kappa shape index (κ3) is 3.17. The zero-order valence-corrected chi connectivity index (χ0v) is 15.7. The Hall–Kier alpha value is -2.47. The van der Waals surface area contributed by atoms with Crippen molar-refractivity contribution in [2.45, 2.75) is 38.6 Å². The number of hydrogen-bond acceptors (Lipinski definition) is 4. The second-order valence-electron chi connectivity index (χ2n) is 6.54. The molecule has 0 bridgehead atoms. The number of rotatable bonds is 4. The van der Waals surface area contributed by atoms with Crippen LogP contribution in [0.1, 0.15) is 43.2 Å². The SMILES string of the molecule is CCC1CCCCN1C(=O)c1nc(-c2cccs2)n(-c2ccccc2)n1. The molecule has 1 aliphatic heterocycles. The van der Waals surface area contributed by atoms with Gasteiger partial charge in [0.05, 0.1) is 10.6 Å². The predicted molar refractivity (Wildman–Crippen MR) is 104 cm³/mol. The van der Waals surface area contributed by atoms with Crippen molar-refractivity contribution in [1.29, 1.82) is 0 Å². The van der Waals surface area contributed by atoms with Crippen LogP contribution >= 0.6 is 11.3 Å². The highest BCUT2D eigenvalue weighted by Crippen LogP contribution is 2.27. The predicted octanol–water partition coefficient (Wildman–Crippen LogP) is 4.40. The summed E-state index contributed by atoms with van der Waals surface area (Å²) in [5.74, 6) is 0.959. The van der Waals surface area contributed by atoms with Gasteiger partial charge in [-0.3, -0.25) is 4.79 Å². The van der Waals surface area contributed by atoms with Gasteiger partial charge >= 0.3 is 0 Å². The van der Waals surface area contributed by atoms with E-state index in [0.717, 1.165) is 42.2 Å². The lowest BCUT2D eigenvalue weighted by Crippen LogP contribution is -2.43. The first-order valence-electron chi connectivity index (χ1n) is 9.15. The number of hydrogen-bond donors (Lipinski definition) is 0. The van der Waals surface area contributed by atoms with E-state index >= 15 is 0 Å². The van der Waals surface area contributed by atoms with Crippen LogP contribution in [-0.2, 0) is 0 Å². The molecule has 26 heavy (non-hydrogen) atoms. The molecule has 4 rings (SSSR count). The third-order valence-electron chi connectivity index (χ3n) is 4.90. The summed E-state index contributed by atoms with van der Waals surface area (Å²) in [4.78, 5) is 20.7. The van der Waals surface area contributed by atoms with Gasteiger partial charge in [-0.25, -0.2) is 9.67 Å². The summed E-state index contributed by atoms with van der Waals surface area (Å²) in [7, 11) is 0. The van der Waals surface area contributed by atoms with Gasteiger partial charge < -0.3 is 4.90 Å². The molecule has 0 N–H and O–H groups in total. The summed E-state index contributed by atoms with van der Waals surface area (Å²) in [6.45, 7) is 2.94. The first-order chi connectivity index (χ1) is 12.8. The second-order valence-corrected chi connectivity index (χ2v) is 7.49. The first-order valence-corrected chi connectivity index (χ1v) is 10.0. The Balaban J connectivity index is 1.74. The molecule has 0 radical (unpaired) electrons. The van der Waals surface area contributed by atoms with E-state index in [4.69, 9.17) is 0 Å². The highest BCUT2D eigenvalue weighted by atomic mass is 32.1. The van der Waals surface area contributed by atoms with Gasteiger partial charge in [-0.05, 0) is 49.3 Å². The maximum Gasteiger partial charge on any atom is 0.293 e. The van der Waals surface area contributed by atoms with Crippen LogP contribution in [-0.4, -0.2) is 38.2 Å². The molecule has 134 valence electrons. The molecule has 1 saturated heterocycles. The third-order valence-corrected chi connectivity index (χ3v) is 5.77. The Morgan fingerprint density at radius 1 is 1.19 bits per heavy atom. The monoisotopic (exact) mass is 366 g/mol. The number of nitrogens with zero attached hydrogens (tertiary/aromatic N) is 4. The minimum absolute atomic E-state index is 0.0518. The molecule has 0 spiro atoms. The van der Waals surface area contributed by atoms with Gasteiger partial charge in [-0.2, -0.15) is 0 Å². The lowest BCUT2D eigenvalue weighted by atomic mass is 10.00. The van der Waals surface area contributed by atoms with E-state index in [-0.39, 0.29) is 11.7 Å². The lowest BCUT2D eigenvalue weighted by Gasteiger charge is -2.34. The molecule has 1 unspecified atom stereocenters. The fraction of sp³-hybridized carbons (Fsp3) is 0.350. The second kappa shape index (κ2) is 7.41. The highest BCUT2D eigenvalue weighted by Gasteiger charge is 2.29. The number of amides is 1. The molecule has 1 atom stereocenters. The van der Waals surface area contributed by atoms with Crippen LogP contribution in [0, 0.1) is 0 Å². The van der Waals surface area contributed by atoms with E-state index in [1.165, 1.54) is 6.42 Å². The van der Waals surface area contributed by atoms with E-state index < -0.39 is 0 Å². The molecule has 5 nitrogen and oxygen atoms in total. The number of carbonyl (C=O) groups is 1. The number of para-hydroxylation sites is 1. The number of benzene rings is 1. The molecule has 3 aromatic rings. The maximum atomic E-state index is 13.1. The number of thiophene rings is 1. The van der Waals surface area contributed by atoms with Crippen LogP contribution in [0.2, 0.25) is 0 Å². The Morgan fingerprint density at radius 3 is 2.77 bits per heavy atom. The fourth-order valence-corrected chi connectivity index (χ4v) is 4.24. The van der Waals surface area contributed by atoms with E-state index in [0.29, 0.717) is 6.04 Å². The Morgan fingerprint density at radius 2 is 2.04 bits per heavy atom. The highest BCUT2D eigenvalue weighted by molar-refractivity contribution is 7.13. The molecule has 0 aliphatic carbocycles. The van der Waals surface area contributed by atoms with Gasteiger partial charge in [0.25, 0.3) is 5.91 Å². The minimum Gasteiger partial charge on any atom is -0.333 e. The maximum absolute atomic E-state index is 13.1. The van der Waals surface area contributed by atoms with Crippen LogP contribution in [0.3, 0.4) is 0 Å². The molecule has 0 saturated carbocycles. The van der Waals surface area contributed by atoms with Crippen molar-refractivity contribution >= 4 is 17.2 Å². The summed E-state index contributed by atoms with van der Waals surface area (Å²) in [6.07, 6.45) is 4.29. The average molecular weight is 366 g/mol. The van der Waals surface area contributed by atoms with E-state index in [1.807, 2.05) is 52.7 Å². The van der Waals surface area contributed by atoms with Crippen LogP contribution in [0.15, 0.2) is 47.8 Å². The summed E-state index contributed by atoms with van der Waals surface area (Å²) >= 11 is 1.60. The molecule has 6 heteroatoms. The van der Waals surface area contributed by atoms with Crippen LogP contribution in [0.4, 0.5) is 0 Å². The van der Waals surface area contributed by atoms with Gasteiger partial charge in [-0.1, -0.05) is 31.2 Å². The molecule has 1 amide bonds. The largest absolute Gasteiger partial charge is 0.333 e. The van der Waals surface area contributed by atoms with Crippen molar-refractivity contribution in [1.82, 2.24) is 19.7 Å². The number of likely N-dealkylation sites (tertiary alicyclic amines) is 1. The van der Waals surface area contributed by atoms with Crippen molar-refractivity contribution in [2.75, 3.05) is 6.54 Å². The molecule has 3 heterocycles. The summed E-state index contributed by atoms with van der Waals surface area (Å²) < 4.78 is 1.78. The van der Waals surface area contributed by atoms with E-state index in [1.54, 1.807) is 16.0 Å². The Kier molecular flexibility index (Phi) is 4.84. The van der Waals surface area contributed by atoms with E-state index in [2.05, 4.69) is 17.0 Å². The first kappa shape index (κ1) is 17.0. The van der Waals surface area contributed by atoms with Crippen molar-refractivity contribution in [2.24, 2.45) is 0 Å². The van der Waals surface area contributed by atoms with Crippen LogP contribution in [0.5, 0.6) is 0 Å². The average Bonchev–Trinajstić information content (AvgIpc) is 3.37. The summed E-state index contributed by atoms with van der Waals surface area (Å²) in [5.41, 5.74) is 0.910. The van der Waals surface area contributed by atoms with Gasteiger partial charge in [-0.15, -0.1) is 16.4 Å². The van der Waals surface area contributed by atoms with Crippen molar-refractivity contribution in [3.8, 4) is 16.4 Å². The van der Waals surface area contributed by atoms with Gasteiger partial charge in [0.1, 0.15) is 0 Å². The minimum atomic E-state index is -0.0518. The van der Waals surface area contributed by atoms with Crippen molar-refractivity contribution in [3.63, 3.8) is 0 Å². The number of carbonyl (C=O) groups excluding carboxylic acids is 1. The molecule has 1 aromatic carbocycles. The zero-order chi connectivity index (χ0) is 17.9. The normalized spacial score (nSPS) is 17.4. The Bertz CT molecular complexity index is 873. The van der Waals surface area contributed by atoms with Crippen molar-refractivity contribution in [3.05, 3.63) is 53.7 Å². The number of piperidine rings is 1. The summed E-state index contributed by atoms with van der Waals surface area (Å²) in [5, 5.41) is 6.61. The molecular formula is C20H22N4OS. The van der Waals surface area contributed by atoms with Crippen LogP contribution < -0.4 is 0 Å². The molecular weight excluding hydrogens is 344 g/mol. The van der Waals surface area contributed by atoms with Gasteiger partial charge in [0.2, 0.25) is 5.82 Å². The smallest absolute Gasteiger partial charge is 0.293 e. The van der Waals surface area contributed by atoms with E-state index in [9.17, 15) is 4.79 Å². The zero-order valence-electron chi connectivity index (χ0n) is 14.8.